The van der Waals surface area contributed by atoms with E-state index < -0.39 is 0 Å². The molecule has 0 bridgehead atoms. The first-order chi connectivity index (χ1) is 7.67. The first kappa shape index (κ1) is 12.6. The van der Waals surface area contributed by atoms with Gasteiger partial charge in [0, 0.05) is 12.2 Å². The van der Waals surface area contributed by atoms with E-state index in [9.17, 15) is 4.79 Å². The minimum atomic E-state index is -0.157. The third-order valence-electron chi connectivity index (χ3n) is 2.48. The largest absolute Gasteiger partial charge is 0.469 e. The van der Waals surface area contributed by atoms with Crippen LogP contribution in [0.3, 0.4) is 0 Å². The van der Waals surface area contributed by atoms with E-state index in [1.807, 2.05) is 31.2 Å². The molecule has 1 N–H and O–H groups in total. The first-order valence-corrected chi connectivity index (χ1v) is 5.58. The van der Waals surface area contributed by atoms with E-state index in [1.54, 1.807) is 0 Å². The van der Waals surface area contributed by atoms with E-state index in [0.717, 1.165) is 24.2 Å². The number of methoxy groups -OCH3 is 1. The Morgan fingerprint density at radius 1 is 1.38 bits per heavy atom. The zero-order valence-corrected chi connectivity index (χ0v) is 10.1. The molecule has 0 saturated heterocycles. The molecule has 0 aliphatic rings. The topological polar surface area (TPSA) is 38.3 Å². The van der Waals surface area contributed by atoms with E-state index >= 15 is 0 Å². The second kappa shape index (κ2) is 6.16. The fraction of sp³-hybridized carbons (Fsp3) is 0.462. The second-order valence-electron chi connectivity index (χ2n) is 3.86. The lowest BCUT2D eigenvalue weighted by Crippen LogP contribution is -2.15. The van der Waals surface area contributed by atoms with Gasteiger partial charge in [-0.05, 0) is 31.0 Å². The summed E-state index contributed by atoms with van der Waals surface area (Å²) >= 11 is 0. The highest BCUT2D eigenvalue weighted by Crippen LogP contribution is 2.13. The average molecular weight is 221 g/mol. The molecule has 1 rings (SSSR count). The number of nitrogens with one attached hydrogen (secondary N) is 1. The lowest BCUT2D eigenvalue weighted by Gasteiger charge is -2.09. The van der Waals surface area contributed by atoms with Crippen LogP contribution < -0.4 is 5.32 Å². The molecule has 0 radical (unpaired) electrons. The predicted octanol–water partition coefficient (Wildman–Crippen LogP) is 2.47. The SMILES string of the molecule is CCNc1ccc(CC(C)C(=O)OC)cc1. The van der Waals surface area contributed by atoms with E-state index in [-0.39, 0.29) is 11.9 Å². The Kier molecular flexibility index (Phi) is 4.83. The van der Waals surface area contributed by atoms with Crippen molar-refractivity contribution in [3.05, 3.63) is 29.8 Å². The maximum Gasteiger partial charge on any atom is 0.308 e. The van der Waals surface area contributed by atoms with Crippen molar-refractivity contribution in [3.8, 4) is 0 Å². The Hall–Kier alpha value is -1.51. The molecular weight excluding hydrogens is 202 g/mol. The molecule has 0 aliphatic heterocycles. The molecule has 0 saturated carbocycles. The molecule has 1 aromatic rings. The number of hydrogen-bond acceptors (Lipinski definition) is 3. The van der Waals surface area contributed by atoms with Crippen LogP contribution in [0.25, 0.3) is 0 Å². The number of hydrogen-bond donors (Lipinski definition) is 1. The van der Waals surface area contributed by atoms with Gasteiger partial charge >= 0.3 is 5.97 Å². The molecular formula is C13H19NO2. The normalized spacial score (nSPS) is 11.9. The highest BCUT2D eigenvalue weighted by atomic mass is 16.5. The quantitative estimate of drug-likeness (QED) is 0.776. The fourth-order valence-corrected chi connectivity index (χ4v) is 1.60. The highest BCUT2D eigenvalue weighted by Gasteiger charge is 2.13. The Balaban J connectivity index is 2.58. The van der Waals surface area contributed by atoms with Crippen molar-refractivity contribution in [1.82, 2.24) is 0 Å². The van der Waals surface area contributed by atoms with Gasteiger partial charge in [0.1, 0.15) is 0 Å². The van der Waals surface area contributed by atoms with Crippen LogP contribution in [0.4, 0.5) is 5.69 Å². The zero-order valence-electron chi connectivity index (χ0n) is 10.1. The van der Waals surface area contributed by atoms with Crippen LogP contribution in [-0.4, -0.2) is 19.6 Å². The van der Waals surface area contributed by atoms with Crippen LogP contribution in [-0.2, 0) is 16.0 Å². The van der Waals surface area contributed by atoms with Crippen LogP contribution in [0, 0.1) is 5.92 Å². The minimum Gasteiger partial charge on any atom is -0.469 e. The molecule has 1 aromatic carbocycles. The minimum absolute atomic E-state index is 0.0880. The van der Waals surface area contributed by atoms with Crippen molar-refractivity contribution in [2.45, 2.75) is 20.3 Å². The van der Waals surface area contributed by atoms with Gasteiger partial charge in [0.05, 0.1) is 13.0 Å². The molecule has 0 heterocycles. The lowest BCUT2D eigenvalue weighted by molar-refractivity contribution is -0.144. The van der Waals surface area contributed by atoms with Gasteiger partial charge in [-0.1, -0.05) is 19.1 Å². The maximum atomic E-state index is 11.3. The molecule has 0 amide bonds. The van der Waals surface area contributed by atoms with Crippen LogP contribution >= 0.6 is 0 Å². The summed E-state index contributed by atoms with van der Waals surface area (Å²) in [5.41, 5.74) is 2.26. The Morgan fingerprint density at radius 2 is 2.00 bits per heavy atom. The monoisotopic (exact) mass is 221 g/mol. The Morgan fingerprint density at radius 3 is 2.50 bits per heavy atom. The van der Waals surface area contributed by atoms with Crippen molar-refractivity contribution in [1.29, 1.82) is 0 Å². The highest BCUT2D eigenvalue weighted by molar-refractivity contribution is 5.72. The van der Waals surface area contributed by atoms with Gasteiger partial charge in [-0.3, -0.25) is 4.79 Å². The van der Waals surface area contributed by atoms with Crippen LogP contribution in [0.5, 0.6) is 0 Å². The molecule has 0 spiro atoms. The van der Waals surface area contributed by atoms with Gasteiger partial charge in [0.15, 0.2) is 0 Å². The first-order valence-electron chi connectivity index (χ1n) is 5.58. The number of esters is 1. The van der Waals surface area contributed by atoms with E-state index in [2.05, 4.69) is 12.2 Å². The zero-order chi connectivity index (χ0) is 12.0. The molecule has 1 unspecified atom stereocenters. The van der Waals surface area contributed by atoms with Gasteiger partial charge in [-0.25, -0.2) is 0 Å². The van der Waals surface area contributed by atoms with Gasteiger partial charge in [0.25, 0.3) is 0 Å². The number of ether oxygens (including phenoxy) is 1. The predicted molar refractivity (Wildman–Crippen MR) is 65.5 cm³/mol. The van der Waals surface area contributed by atoms with Gasteiger partial charge in [0.2, 0.25) is 0 Å². The number of benzene rings is 1. The summed E-state index contributed by atoms with van der Waals surface area (Å²) in [5.74, 6) is -0.245. The maximum absolute atomic E-state index is 11.3. The van der Waals surface area contributed by atoms with Crippen LogP contribution in [0.1, 0.15) is 19.4 Å². The third-order valence-corrected chi connectivity index (χ3v) is 2.48. The summed E-state index contributed by atoms with van der Waals surface area (Å²) in [6, 6.07) is 8.14. The van der Waals surface area contributed by atoms with Gasteiger partial charge < -0.3 is 10.1 Å². The number of anilines is 1. The summed E-state index contributed by atoms with van der Waals surface area (Å²) < 4.78 is 4.70. The van der Waals surface area contributed by atoms with Gasteiger partial charge in [-0.2, -0.15) is 0 Å². The van der Waals surface area contributed by atoms with Crippen LogP contribution in [0.15, 0.2) is 24.3 Å². The van der Waals surface area contributed by atoms with Crippen molar-refractivity contribution in [2.24, 2.45) is 5.92 Å². The fourth-order valence-electron chi connectivity index (χ4n) is 1.60. The van der Waals surface area contributed by atoms with E-state index in [4.69, 9.17) is 4.74 Å². The van der Waals surface area contributed by atoms with Gasteiger partial charge in [-0.15, -0.1) is 0 Å². The Bertz CT molecular complexity index is 332. The van der Waals surface area contributed by atoms with E-state index in [1.165, 1.54) is 7.11 Å². The molecule has 1 atom stereocenters. The molecule has 16 heavy (non-hydrogen) atoms. The average Bonchev–Trinajstić information content (AvgIpc) is 2.31. The van der Waals surface area contributed by atoms with Crippen molar-refractivity contribution >= 4 is 11.7 Å². The summed E-state index contributed by atoms with van der Waals surface area (Å²) in [5, 5.41) is 3.23. The summed E-state index contributed by atoms with van der Waals surface area (Å²) in [4.78, 5) is 11.3. The smallest absolute Gasteiger partial charge is 0.308 e. The number of carbonyl (C=O) groups is 1. The van der Waals surface area contributed by atoms with Crippen molar-refractivity contribution in [3.63, 3.8) is 0 Å². The Labute approximate surface area is 96.8 Å². The summed E-state index contributed by atoms with van der Waals surface area (Å²) in [7, 11) is 1.42. The molecule has 0 fully saturated rings. The lowest BCUT2D eigenvalue weighted by atomic mass is 10.0. The molecule has 0 aliphatic carbocycles. The number of carbonyl (C=O) groups excluding carboxylic acids is 1. The summed E-state index contributed by atoms with van der Waals surface area (Å²) in [6.07, 6.45) is 0.721. The summed E-state index contributed by atoms with van der Waals surface area (Å²) in [6.45, 7) is 4.86. The molecule has 3 heteroatoms. The van der Waals surface area contributed by atoms with Crippen molar-refractivity contribution < 1.29 is 9.53 Å². The van der Waals surface area contributed by atoms with Crippen molar-refractivity contribution in [2.75, 3.05) is 19.0 Å². The van der Waals surface area contributed by atoms with Crippen LogP contribution in [0.2, 0.25) is 0 Å². The third kappa shape index (κ3) is 3.57. The second-order valence-corrected chi connectivity index (χ2v) is 3.86. The molecule has 88 valence electrons. The molecule has 0 aromatic heterocycles. The number of rotatable bonds is 5. The van der Waals surface area contributed by atoms with E-state index in [0.29, 0.717) is 0 Å². The standard InChI is InChI=1S/C13H19NO2/c1-4-14-12-7-5-11(6-8-12)9-10(2)13(15)16-3/h5-8,10,14H,4,9H2,1-3H3. The molecule has 3 nitrogen and oxygen atoms in total.